The van der Waals surface area contributed by atoms with Gasteiger partial charge in [0.15, 0.2) is 0 Å². The highest BCUT2D eigenvalue weighted by Crippen LogP contribution is 2.27. The van der Waals surface area contributed by atoms with E-state index in [1.165, 1.54) is 4.31 Å². The smallest absolute Gasteiger partial charge is 0.245 e. The molecular weight excluding hydrogens is 370 g/mol. The van der Waals surface area contributed by atoms with Crippen molar-refractivity contribution in [3.63, 3.8) is 0 Å². The van der Waals surface area contributed by atoms with Gasteiger partial charge in [-0.1, -0.05) is 18.2 Å². The monoisotopic (exact) mass is 385 g/mol. The minimum atomic E-state index is -3.63. The van der Waals surface area contributed by atoms with Gasteiger partial charge in [-0.2, -0.15) is 18.3 Å². The number of anilines is 1. The van der Waals surface area contributed by atoms with E-state index in [1.54, 1.807) is 24.3 Å². The van der Waals surface area contributed by atoms with E-state index in [4.69, 9.17) is 0 Å². The summed E-state index contributed by atoms with van der Waals surface area (Å²) in [6, 6.07) is 14.6. The molecule has 1 saturated heterocycles. The van der Waals surface area contributed by atoms with E-state index < -0.39 is 10.0 Å². The van der Waals surface area contributed by atoms with Crippen molar-refractivity contribution in [3.05, 3.63) is 48.0 Å². The number of benzene rings is 2. The largest absolute Gasteiger partial charge is 0.368 e. The fraction of sp³-hybridized carbons (Fsp3) is 0.235. The van der Waals surface area contributed by atoms with Gasteiger partial charge in [0.05, 0.1) is 23.0 Å². The highest BCUT2D eigenvalue weighted by molar-refractivity contribution is 7.89. The zero-order chi connectivity index (χ0) is 18.1. The van der Waals surface area contributed by atoms with Crippen LogP contribution in [-0.4, -0.2) is 47.6 Å². The molecule has 7 nitrogen and oxygen atoms in total. The summed E-state index contributed by atoms with van der Waals surface area (Å²) < 4.78 is 35.9. The van der Waals surface area contributed by atoms with Crippen LogP contribution in [0.3, 0.4) is 0 Å². The molecule has 0 N–H and O–H groups in total. The number of fused-ring (bicyclic) bond motifs is 1. The van der Waals surface area contributed by atoms with Crippen molar-refractivity contribution in [1.82, 2.24) is 13.1 Å². The Kier molecular flexibility index (Phi) is 4.32. The van der Waals surface area contributed by atoms with E-state index in [-0.39, 0.29) is 4.90 Å². The Morgan fingerprint density at radius 2 is 1.77 bits per heavy atom. The van der Waals surface area contributed by atoms with Gasteiger partial charge < -0.3 is 4.90 Å². The van der Waals surface area contributed by atoms with Crippen LogP contribution >= 0.6 is 11.7 Å². The molecule has 1 aliphatic heterocycles. The normalized spacial score (nSPS) is 15.9. The summed E-state index contributed by atoms with van der Waals surface area (Å²) in [5.74, 6) is 0. The maximum atomic E-state index is 13.1. The zero-order valence-corrected chi connectivity index (χ0v) is 15.4. The molecule has 0 bridgehead atoms. The summed E-state index contributed by atoms with van der Waals surface area (Å²) in [5.41, 5.74) is 2.47. The summed E-state index contributed by atoms with van der Waals surface area (Å²) in [5, 5.41) is 9.26. The quantitative estimate of drug-likeness (QED) is 0.686. The van der Waals surface area contributed by atoms with Gasteiger partial charge in [-0.05, 0) is 24.3 Å². The van der Waals surface area contributed by atoms with Gasteiger partial charge in [0.2, 0.25) is 10.0 Å². The SMILES string of the molecule is N#Cc1ccccc1N1CCN(S(=O)(=O)c2cccc3nsnc23)CC1. The van der Waals surface area contributed by atoms with Crippen molar-refractivity contribution >= 4 is 38.5 Å². The zero-order valence-electron chi connectivity index (χ0n) is 13.7. The highest BCUT2D eigenvalue weighted by atomic mass is 32.2. The topological polar surface area (TPSA) is 90.2 Å². The average Bonchev–Trinajstić information content (AvgIpc) is 3.16. The Labute approximate surface area is 155 Å². The molecule has 1 aliphatic rings. The second-order valence-electron chi connectivity index (χ2n) is 5.91. The molecule has 0 aliphatic carbocycles. The Hall–Kier alpha value is -2.54. The van der Waals surface area contributed by atoms with Gasteiger partial charge in [-0.25, -0.2) is 8.42 Å². The number of nitriles is 1. The molecule has 132 valence electrons. The van der Waals surface area contributed by atoms with Crippen molar-refractivity contribution < 1.29 is 8.42 Å². The van der Waals surface area contributed by atoms with E-state index in [0.717, 1.165) is 17.4 Å². The molecular formula is C17H15N5O2S2. The molecule has 3 aromatic rings. The molecule has 0 spiro atoms. The van der Waals surface area contributed by atoms with Crippen molar-refractivity contribution in [3.8, 4) is 6.07 Å². The maximum Gasteiger partial charge on any atom is 0.245 e. The van der Waals surface area contributed by atoms with Crippen LogP contribution in [0.25, 0.3) is 11.0 Å². The molecule has 0 radical (unpaired) electrons. The number of sulfonamides is 1. The highest BCUT2D eigenvalue weighted by Gasteiger charge is 2.31. The Bertz CT molecular complexity index is 1100. The van der Waals surface area contributed by atoms with Crippen LogP contribution < -0.4 is 4.90 Å². The number of hydrogen-bond donors (Lipinski definition) is 0. The Balaban J connectivity index is 1.58. The third kappa shape index (κ3) is 2.82. The summed E-state index contributed by atoms with van der Waals surface area (Å²) in [6.07, 6.45) is 0. The predicted octanol–water partition coefficient (Wildman–Crippen LogP) is 2.07. The molecule has 0 amide bonds. The second kappa shape index (κ2) is 6.64. The molecule has 1 fully saturated rings. The van der Waals surface area contributed by atoms with Crippen LogP contribution in [0.1, 0.15) is 5.56 Å². The minimum absolute atomic E-state index is 0.203. The minimum Gasteiger partial charge on any atom is -0.368 e. The molecule has 2 aromatic carbocycles. The number of hydrogen-bond acceptors (Lipinski definition) is 7. The molecule has 1 aromatic heterocycles. The van der Waals surface area contributed by atoms with Gasteiger partial charge in [-0.3, -0.25) is 0 Å². The van der Waals surface area contributed by atoms with E-state index in [2.05, 4.69) is 19.7 Å². The van der Waals surface area contributed by atoms with Crippen molar-refractivity contribution in [2.75, 3.05) is 31.1 Å². The fourth-order valence-electron chi connectivity index (χ4n) is 3.14. The molecule has 0 unspecified atom stereocenters. The number of nitrogens with zero attached hydrogens (tertiary/aromatic N) is 5. The lowest BCUT2D eigenvalue weighted by Crippen LogP contribution is -2.48. The number of rotatable bonds is 3. The first-order valence-electron chi connectivity index (χ1n) is 8.07. The van der Waals surface area contributed by atoms with Crippen LogP contribution in [0.5, 0.6) is 0 Å². The lowest BCUT2D eigenvalue weighted by Gasteiger charge is -2.35. The summed E-state index contributed by atoms with van der Waals surface area (Å²) in [7, 11) is -3.63. The predicted molar refractivity (Wildman–Crippen MR) is 99.5 cm³/mol. The lowest BCUT2D eigenvalue weighted by atomic mass is 10.1. The van der Waals surface area contributed by atoms with Gasteiger partial charge in [0.25, 0.3) is 0 Å². The summed E-state index contributed by atoms with van der Waals surface area (Å²) in [6.45, 7) is 1.78. The van der Waals surface area contributed by atoms with Gasteiger partial charge in [0.1, 0.15) is 22.0 Å². The first kappa shape index (κ1) is 16.9. The molecule has 0 saturated carbocycles. The van der Waals surface area contributed by atoms with Crippen LogP contribution in [-0.2, 0) is 10.0 Å². The van der Waals surface area contributed by atoms with Gasteiger partial charge in [-0.15, -0.1) is 0 Å². The van der Waals surface area contributed by atoms with E-state index in [0.29, 0.717) is 42.8 Å². The average molecular weight is 385 g/mol. The summed E-state index contributed by atoms with van der Waals surface area (Å²) >= 11 is 1.01. The molecule has 9 heteroatoms. The number of para-hydroxylation sites is 1. The van der Waals surface area contributed by atoms with Crippen LogP contribution in [0.15, 0.2) is 47.4 Å². The lowest BCUT2D eigenvalue weighted by molar-refractivity contribution is 0.385. The standard InChI is InChI=1S/C17H15N5O2S2/c18-12-13-4-1-2-6-15(13)21-8-10-22(11-9-21)26(23,24)16-7-3-5-14-17(16)20-25-19-14/h1-7H,8-11H2. The fourth-order valence-corrected chi connectivity index (χ4v) is 5.32. The van der Waals surface area contributed by atoms with E-state index in [9.17, 15) is 13.7 Å². The first-order valence-corrected chi connectivity index (χ1v) is 10.2. The van der Waals surface area contributed by atoms with Crippen LogP contribution in [0, 0.1) is 11.3 Å². The molecule has 26 heavy (non-hydrogen) atoms. The third-order valence-corrected chi connectivity index (χ3v) is 6.94. The molecule has 2 heterocycles. The van der Waals surface area contributed by atoms with E-state index in [1.807, 2.05) is 18.2 Å². The van der Waals surface area contributed by atoms with Crippen LogP contribution in [0.4, 0.5) is 5.69 Å². The van der Waals surface area contributed by atoms with E-state index >= 15 is 0 Å². The third-order valence-electron chi connectivity index (χ3n) is 4.47. The van der Waals surface area contributed by atoms with Gasteiger partial charge in [0, 0.05) is 26.2 Å². The molecule has 0 atom stereocenters. The van der Waals surface area contributed by atoms with Crippen molar-refractivity contribution in [2.24, 2.45) is 0 Å². The summed E-state index contributed by atoms with van der Waals surface area (Å²) in [4.78, 5) is 2.25. The maximum absolute atomic E-state index is 13.1. The van der Waals surface area contributed by atoms with Crippen molar-refractivity contribution in [1.29, 1.82) is 5.26 Å². The Morgan fingerprint density at radius 1 is 1.00 bits per heavy atom. The van der Waals surface area contributed by atoms with Gasteiger partial charge >= 0.3 is 0 Å². The number of aromatic nitrogens is 2. The van der Waals surface area contributed by atoms with Crippen LogP contribution in [0.2, 0.25) is 0 Å². The molecule has 4 rings (SSSR count). The van der Waals surface area contributed by atoms with Crippen molar-refractivity contribution in [2.45, 2.75) is 4.90 Å². The second-order valence-corrected chi connectivity index (χ2v) is 8.34. The first-order chi connectivity index (χ1) is 12.6. The number of piperazine rings is 1. The Morgan fingerprint density at radius 3 is 2.54 bits per heavy atom.